The first kappa shape index (κ1) is 13.3. The molecule has 1 atom stereocenters. The van der Waals surface area contributed by atoms with Crippen molar-refractivity contribution in [2.45, 2.75) is 32.4 Å². The number of carbonyl (C=O) groups excluding carboxylic acids is 1. The second-order valence-electron chi connectivity index (χ2n) is 4.53. The number of aromatic hydroxyl groups is 2. The Hall–Kier alpha value is -1.75. The summed E-state index contributed by atoms with van der Waals surface area (Å²) in [4.78, 5) is 11.8. The Balaban J connectivity index is 2.95. The first-order valence-electron chi connectivity index (χ1n) is 5.27. The quantitative estimate of drug-likeness (QED) is 0.592. The van der Waals surface area contributed by atoms with Crippen molar-refractivity contribution in [1.82, 2.24) is 5.32 Å². The number of rotatable bonds is 3. The highest BCUT2D eigenvalue weighted by Crippen LogP contribution is 2.28. The summed E-state index contributed by atoms with van der Waals surface area (Å²) in [6, 6.07) is 4.13. The fourth-order valence-corrected chi connectivity index (χ4v) is 1.18. The van der Waals surface area contributed by atoms with E-state index in [1.807, 2.05) is 0 Å². The van der Waals surface area contributed by atoms with Gasteiger partial charge in [0.2, 0.25) is 0 Å². The molecule has 0 saturated carbocycles. The second kappa shape index (κ2) is 4.63. The Kier molecular flexibility index (Phi) is 3.63. The highest BCUT2D eigenvalue weighted by atomic mass is 16.3. The number of aliphatic hydroxyl groups is 1. The molecule has 0 fully saturated rings. The van der Waals surface area contributed by atoms with E-state index in [0.29, 0.717) is 0 Å². The van der Waals surface area contributed by atoms with E-state index < -0.39 is 23.3 Å². The Morgan fingerprint density at radius 3 is 2.47 bits per heavy atom. The highest BCUT2D eigenvalue weighted by molar-refractivity contribution is 5.98. The van der Waals surface area contributed by atoms with E-state index in [1.165, 1.54) is 18.2 Å². The average Bonchev–Trinajstić information content (AvgIpc) is 2.21. The van der Waals surface area contributed by atoms with Gasteiger partial charge >= 0.3 is 0 Å². The number of phenolic OH excluding ortho intramolecular Hbond substituents is 2. The van der Waals surface area contributed by atoms with E-state index in [9.17, 15) is 20.1 Å². The third-order valence-corrected chi connectivity index (χ3v) is 2.74. The summed E-state index contributed by atoms with van der Waals surface area (Å²) in [7, 11) is 0. The lowest BCUT2D eigenvalue weighted by atomic mass is 9.98. The number of para-hydroxylation sites is 1. The molecule has 94 valence electrons. The molecule has 5 nitrogen and oxygen atoms in total. The molecule has 1 rings (SSSR count). The molecule has 1 unspecified atom stereocenters. The number of amides is 1. The predicted octanol–water partition coefficient (Wildman–Crippen LogP) is 0.987. The summed E-state index contributed by atoms with van der Waals surface area (Å²) in [5.74, 6) is -1.37. The van der Waals surface area contributed by atoms with Crippen molar-refractivity contribution in [3.05, 3.63) is 23.8 Å². The fraction of sp³-hybridized carbons (Fsp3) is 0.417. The van der Waals surface area contributed by atoms with Gasteiger partial charge < -0.3 is 20.6 Å². The van der Waals surface area contributed by atoms with E-state index in [-0.39, 0.29) is 11.3 Å². The third kappa shape index (κ3) is 2.88. The Bertz CT molecular complexity index is 427. The largest absolute Gasteiger partial charge is 0.504 e. The topological polar surface area (TPSA) is 89.8 Å². The lowest BCUT2D eigenvalue weighted by molar-refractivity contribution is 0.0707. The van der Waals surface area contributed by atoms with Crippen molar-refractivity contribution in [2.24, 2.45) is 0 Å². The lowest BCUT2D eigenvalue weighted by Gasteiger charge is -2.29. The molecule has 1 aromatic rings. The molecular formula is C12H17NO4. The second-order valence-corrected chi connectivity index (χ2v) is 4.53. The normalized spacial score (nSPS) is 13.2. The molecule has 0 aliphatic heterocycles. The van der Waals surface area contributed by atoms with E-state index in [2.05, 4.69) is 5.32 Å². The summed E-state index contributed by atoms with van der Waals surface area (Å²) in [5, 5.41) is 30.9. The van der Waals surface area contributed by atoms with Gasteiger partial charge in [-0.3, -0.25) is 4.79 Å². The van der Waals surface area contributed by atoms with E-state index in [1.54, 1.807) is 20.8 Å². The van der Waals surface area contributed by atoms with Crippen molar-refractivity contribution in [3.8, 4) is 11.5 Å². The summed E-state index contributed by atoms with van der Waals surface area (Å²) in [6.07, 6.45) is -0.745. The van der Waals surface area contributed by atoms with Crippen LogP contribution < -0.4 is 5.32 Å². The highest BCUT2D eigenvalue weighted by Gasteiger charge is 2.27. The van der Waals surface area contributed by atoms with Crippen molar-refractivity contribution in [1.29, 1.82) is 0 Å². The van der Waals surface area contributed by atoms with Crippen LogP contribution in [0.4, 0.5) is 0 Å². The summed E-state index contributed by atoms with van der Waals surface area (Å²) >= 11 is 0. The zero-order valence-corrected chi connectivity index (χ0v) is 10.1. The first-order valence-corrected chi connectivity index (χ1v) is 5.27. The minimum absolute atomic E-state index is 0.0290. The third-order valence-electron chi connectivity index (χ3n) is 2.74. The van der Waals surface area contributed by atoms with Gasteiger partial charge in [-0.15, -0.1) is 0 Å². The van der Waals surface area contributed by atoms with Gasteiger partial charge in [0, 0.05) is 0 Å². The van der Waals surface area contributed by atoms with E-state index in [4.69, 9.17) is 0 Å². The Morgan fingerprint density at radius 2 is 1.94 bits per heavy atom. The molecule has 1 amide bonds. The van der Waals surface area contributed by atoms with Crippen LogP contribution >= 0.6 is 0 Å². The summed E-state index contributed by atoms with van der Waals surface area (Å²) in [6.45, 7) is 4.88. The number of hydrogen-bond acceptors (Lipinski definition) is 4. The van der Waals surface area contributed by atoms with Gasteiger partial charge in [0.25, 0.3) is 5.91 Å². The molecule has 0 saturated heterocycles. The summed E-state index contributed by atoms with van der Waals surface area (Å²) in [5.41, 5.74) is -0.853. The van der Waals surface area contributed by atoms with Crippen LogP contribution in [0.5, 0.6) is 11.5 Å². The lowest BCUT2D eigenvalue weighted by Crippen LogP contribution is -2.50. The van der Waals surface area contributed by atoms with Gasteiger partial charge in [0.05, 0.1) is 17.2 Å². The molecule has 0 spiro atoms. The van der Waals surface area contributed by atoms with Crippen LogP contribution in [0.3, 0.4) is 0 Å². The molecule has 0 aliphatic rings. The van der Waals surface area contributed by atoms with Gasteiger partial charge in [-0.1, -0.05) is 6.07 Å². The van der Waals surface area contributed by atoms with Crippen LogP contribution in [-0.4, -0.2) is 32.9 Å². The molecule has 0 heterocycles. The summed E-state index contributed by atoms with van der Waals surface area (Å²) < 4.78 is 0. The van der Waals surface area contributed by atoms with E-state index >= 15 is 0 Å². The monoisotopic (exact) mass is 239 g/mol. The van der Waals surface area contributed by atoms with Crippen molar-refractivity contribution >= 4 is 5.91 Å². The molecule has 0 radical (unpaired) electrons. The molecule has 0 bridgehead atoms. The van der Waals surface area contributed by atoms with Gasteiger partial charge in [0.1, 0.15) is 0 Å². The van der Waals surface area contributed by atoms with Gasteiger partial charge in [-0.25, -0.2) is 0 Å². The number of phenols is 2. The molecule has 5 heteroatoms. The Labute approximate surface area is 99.7 Å². The van der Waals surface area contributed by atoms with Crippen molar-refractivity contribution < 1.29 is 20.1 Å². The molecule has 0 aromatic heterocycles. The zero-order chi connectivity index (χ0) is 13.2. The number of nitrogens with one attached hydrogen (secondary N) is 1. The molecule has 0 aliphatic carbocycles. The first-order chi connectivity index (χ1) is 7.75. The maximum atomic E-state index is 11.8. The van der Waals surface area contributed by atoms with Crippen LogP contribution in [0.2, 0.25) is 0 Å². The van der Waals surface area contributed by atoms with Crippen LogP contribution in [0.25, 0.3) is 0 Å². The maximum Gasteiger partial charge on any atom is 0.255 e. The number of carbonyl (C=O) groups is 1. The fourth-order valence-electron chi connectivity index (χ4n) is 1.18. The average molecular weight is 239 g/mol. The smallest absolute Gasteiger partial charge is 0.255 e. The van der Waals surface area contributed by atoms with Crippen molar-refractivity contribution in [3.63, 3.8) is 0 Å². The number of aliphatic hydroxyl groups excluding tert-OH is 1. The van der Waals surface area contributed by atoms with Crippen LogP contribution in [0.15, 0.2) is 18.2 Å². The molecule has 1 aromatic carbocycles. The predicted molar refractivity (Wildman–Crippen MR) is 63.0 cm³/mol. The SMILES string of the molecule is CC(O)C(C)(C)NC(=O)c1cccc(O)c1O. The van der Waals surface area contributed by atoms with Gasteiger partial charge in [-0.05, 0) is 32.9 Å². The van der Waals surface area contributed by atoms with Crippen LogP contribution in [-0.2, 0) is 0 Å². The zero-order valence-electron chi connectivity index (χ0n) is 10.1. The molecule has 17 heavy (non-hydrogen) atoms. The molecule has 4 N–H and O–H groups in total. The van der Waals surface area contributed by atoms with Crippen molar-refractivity contribution in [2.75, 3.05) is 0 Å². The number of benzene rings is 1. The maximum absolute atomic E-state index is 11.8. The molecular weight excluding hydrogens is 222 g/mol. The minimum Gasteiger partial charge on any atom is -0.504 e. The van der Waals surface area contributed by atoms with Crippen LogP contribution in [0.1, 0.15) is 31.1 Å². The minimum atomic E-state index is -0.824. The van der Waals surface area contributed by atoms with Crippen LogP contribution in [0, 0.1) is 0 Å². The Morgan fingerprint density at radius 1 is 1.35 bits per heavy atom. The van der Waals surface area contributed by atoms with Gasteiger partial charge in [-0.2, -0.15) is 0 Å². The standard InChI is InChI=1S/C12H17NO4/c1-7(14)12(2,3)13-11(17)8-5-4-6-9(15)10(8)16/h4-7,14-16H,1-3H3,(H,13,17). The van der Waals surface area contributed by atoms with E-state index in [0.717, 1.165) is 0 Å². The van der Waals surface area contributed by atoms with Gasteiger partial charge in [0.15, 0.2) is 11.5 Å². The number of hydrogen-bond donors (Lipinski definition) is 4.